The predicted octanol–water partition coefficient (Wildman–Crippen LogP) is 4.73. The van der Waals surface area contributed by atoms with Crippen LogP contribution in [0.3, 0.4) is 0 Å². The van der Waals surface area contributed by atoms with Gasteiger partial charge in [-0.3, -0.25) is 9.59 Å². The molecular formula is C21H18Cl2N2O4. The van der Waals surface area contributed by atoms with Crippen molar-refractivity contribution in [2.24, 2.45) is 0 Å². The summed E-state index contributed by atoms with van der Waals surface area (Å²) in [7, 11) is 0. The van der Waals surface area contributed by atoms with Crippen LogP contribution < -0.4 is 10.2 Å². The number of halogens is 2. The fourth-order valence-electron chi connectivity index (χ4n) is 2.72. The molecule has 8 heteroatoms. The highest BCUT2D eigenvalue weighted by Crippen LogP contribution is 2.31. The average Bonchev–Trinajstić information content (AvgIpc) is 2.91. The maximum absolute atomic E-state index is 12.8. The molecule has 0 saturated heterocycles. The molecule has 1 N–H and O–H groups in total. The van der Waals surface area contributed by atoms with E-state index in [-0.39, 0.29) is 10.7 Å². The van der Waals surface area contributed by atoms with Gasteiger partial charge in [-0.25, -0.2) is 9.69 Å². The Morgan fingerprint density at radius 2 is 1.83 bits per heavy atom. The number of nitrogens with one attached hydrogen (secondary N) is 1. The number of nitrogens with zero attached hydrogens (tertiary/aromatic N) is 1. The number of amides is 2. The largest absolute Gasteiger partial charge is 0.462 e. The molecule has 0 unspecified atom stereocenters. The third kappa shape index (κ3) is 4.60. The van der Waals surface area contributed by atoms with Gasteiger partial charge >= 0.3 is 5.97 Å². The molecular weight excluding hydrogens is 415 g/mol. The lowest BCUT2D eigenvalue weighted by atomic mass is 10.2. The van der Waals surface area contributed by atoms with Crippen LogP contribution in [0.2, 0.25) is 5.02 Å². The van der Waals surface area contributed by atoms with E-state index < -0.39 is 17.8 Å². The van der Waals surface area contributed by atoms with Crippen molar-refractivity contribution in [3.05, 3.63) is 69.8 Å². The van der Waals surface area contributed by atoms with Crippen molar-refractivity contribution in [3.8, 4) is 0 Å². The van der Waals surface area contributed by atoms with Crippen LogP contribution in [0.25, 0.3) is 0 Å². The van der Waals surface area contributed by atoms with E-state index >= 15 is 0 Å². The Balaban J connectivity index is 1.79. The van der Waals surface area contributed by atoms with Crippen molar-refractivity contribution >= 4 is 52.4 Å². The molecule has 0 radical (unpaired) electrons. The number of carbonyl (C=O) groups excluding carboxylic acids is 3. The van der Waals surface area contributed by atoms with Gasteiger partial charge in [-0.1, -0.05) is 48.7 Å². The van der Waals surface area contributed by atoms with Crippen molar-refractivity contribution in [1.82, 2.24) is 0 Å². The van der Waals surface area contributed by atoms with Crippen LogP contribution in [-0.4, -0.2) is 24.4 Å². The van der Waals surface area contributed by atoms with E-state index in [1.165, 1.54) is 12.1 Å². The van der Waals surface area contributed by atoms with E-state index in [1.54, 1.807) is 36.4 Å². The zero-order chi connectivity index (χ0) is 21.0. The second-order valence-electron chi connectivity index (χ2n) is 6.31. The minimum Gasteiger partial charge on any atom is -0.462 e. The molecule has 6 nitrogen and oxygen atoms in total. The summed E-state index contributed by atoms with van der Waals surface area (Å²) in [5.74, 6) is -1.73. The van der Waals surface area contributed by atoms with E-state index in [1.807, 2.05) is 6.92 Å². The molecule has 3 rings (SSSR count). The van der Waals surface area contributed by atoms with Gasteiger partial charge in [0.15, 0.2) is 0 Å². The zero-order valence-electron chi connectivity index (χ0n) is 15.6. The Morgan fingerprint density at radius 1 is 1.07 bits per heavy atom. The Morgan fingerprint density at radius 3 is 2.55 bits per heavy atom. The van der Waals surface area contributed by atoms with Crippen molar-refractivity contribution in [2.75, 3.05) is 16.8 Å². The monoisotopic (exact) mass is 432 g/mol. The summed E-state index contributed by atoms with van der Waals surface area (Å²) in [6.07, 6.45) is 1.70. The number of hydrogen-bond donors (Lipinski definition) is 1. The number of benzene rings is 2. The van der Waals surface area contributed by atoms with Crippen LogP contribution in [-0.2, 0) is 14.3 Å². The normalized spacial score (nSPS) is 13.8. The summed E-state index contributed by atoms with van der Waals surface area (Å²) in [4.78, 5) is 38.4. The fraction of sp³-hybridized carbons (Fsp3) is 0.190. The first-order valence-electron chi connectivity index (χ1n) is 9.00. The van der Waals surface area contributed by atoms with E-state index in [4.69, 9.17) is 27.9 Å². The van der Waals surface area contributed by atoms with Gasteiger partial charge in [0.05, 0.1) is 17.9 Å². The van der Waals surface area contributed by atoms with Crippen LogP contribution in [0.4, 0.5) is 11.4 Å². The van der Waals surface area contributed by atoms with Crippen LogP contribution in [0, 0.1) is 0 Å². The lowest BCUT2D eigenvalue weighted by Gasteiger charge is -2.15. The summed E-state index contributed by atoms with van der Waals surface area (Å²) in [6.45, 7) is 2.34. The molecule has 0 saturated carbocycles. The fourth-order valence-corrected chi connectivity index (χ4v) is 3.12. The number of hydrogen-bond acceptors (Lipinski definition) is 5. The van der Waals surface area contributed by atoms with Gasteiger partial charge in [0.2, 0.25) is 0 Å². The third-order valence-electron chi connectivity index (χ3n) is 4.19. The maximum atomic E-state index is 12.8. The number of rotatable bonds is 7. The molecule has 1 aliphatic rings. The molecule has 0 bridgehead atoms. The van der Waals surface area contributed by atoms with Gasteiger partial charge in [0.1, 0.15) is 10.7 Å². The third-order valence-corrected chi connectivity index (χ3v) is 4.78. The molecule has 2 amide bonds. The smallest absolute Gasteiger partial charge is 0.338 e. The van der Waals surface area contributed by atoms with Gasteiger partial charge in [-0.15, -0.1) is 0 Å². The molecule has 150 valence electrons. The first-order chi connectivity index (χ1) is 13.9. The second kappa shape index (κ2) is 9.11. The van der Waals surface area contributed by atoms with Crippen molar-refractivity contribution in [1.29, 1.82) is 0 Å². The SMILES string of the molecule is CCCCOC(=O)c1cccc(NC2=C(Cl)C(=O)N(c3cccc(Cl)c3)C2=O)c1. The minimum atomic E-state index is -0.656. The van der Waals surface area contributed by atoms with Gasteiger partial charge < -0.3 is 10.1 Å². The Bertz CT molecular complexity index is 1000. The lowest BCUT2D eigenvalue weighted by molar-refractivity contribution is -0.120. The molecule has 0 fully saturated rings. The van der Waals surface area contributed by atoms with Crippen LogP contribution in [0.5, 0.6) is 0 Å². The minimum absolute atomic E-state index is 0.0758. The molecule has 0 atom stereocenters. The van der Waals surface area contributed by atoms with Crippen LogP contribution in [0.1, 0.15) is 30.1 Å². The number of esters is 1. The molecule has 1 heterocycles. The van der Waals surface area contributed by atoms with Crippen molar-refractivity contribution in [2.45, 2.75) is 19.8 Å². The highest BCUT2D eigenvalue weighted by molar-refractivity contribution is 6.53. The number of carbonyl (C=O) groups is 3. The van der Waals surface area contributed by atoms with Crippen LogP contribution in [0.15, 0.2) is 59.3 Å². The molecule has 2 aromatic rings. The van der Waals surface area contributed by atoms with E-state index in [0.717, 1.165) is 17.7 Å². The molecule has 0 aromatic heterocycles. The molecule has 2 aromatic carbocycles. The van der Waals surface area contributed by atoms with Gasteiger partial charge in [-0.2, -0.15) is 0 Å². The molecule has 0 aliphatic carbocycles. The second-order valence-corrected chi connectivity index (χ2v) is 7.12. The Hall–Kier alpha value is -2.83. The Labute approximate surface area is 178 Å². The first kappa shape index (κ1) is 20.9. The number of imide groups is 1. The van der Waals surface area contributed by atoms with E-state index in [0.29, 0.717) is 28.6 Å². The van der Waals surface area contributed by atoms with Gasteiger partial charge in [0.25, 0.3) is 11.8 Å². The van der Waals surface area contributed by atoms with E-state index in [9.17, 15) is 14.4 Å². The number of anilines is 2. The summed E-state index contributed by atoms with van der Waals surface area (Å²) >= 11 is 12.1. The summed E-state index contributed by atoms with van der Waals surface area (Å²) < 4.78 is 5.19. The highest BCUT2D eigenvalue weighted by atomic mass is 35.5. The molecule has 29 heavy (non-hydrogen) atoms. The summed E-state index contributed by atoms with van der Waals surface area (Å²) in [5.41, 5.74) is 0.993. The van der Waals surface area contributed by atoms with Gasteiger partial charge in [-0.05, 0) is 42.8 Å². The average molecular weight is 433 g/mol. The van der Waals surface area contributed by atoms with Crippen LogP contribution >= 0.6 is 23.2 Å². The first-order valence-corrected chi connectivity index (χ1v) is 9.76. The molecule has 1 aliphatic heterocycles. The van der Waals surface area contributed by atoms with Crippen molar-refractivity contribution < 1.29 is 19.1 Å². The van der Waals surface area contributed by atoms with E-state index in [2.05, 4.69) is 5.32 Å². The lowest BCUT2D eigenvalue weighted by Crippen LogP contribution is -2.32. The summed E-state index contributed by atoms with van der Waals surface area (Å²) in [5, 5.41) is 2.98. The summed E-state index contributed by atoms with van der Waals surface area (Å²) in [6, 6.07) is 12.8. The standard InChI is InChI=1S/C21H18Cl2N2O4/c1-2-3-10-29-21(28)13-6-4-8-15(11-13)24-18-17(23)19(26)25(20(18)27)16-9-5-7-14(22)12-16/h4-9,11-12,24H,2-3,10H2,1H3. The zero-order valence-corrected chi connectivity index (χ0v) is 17.1. The number of unbranched alkanes of at least 4 members (excludes halogenated alkanes) is 1. The maximum Gasteiger partial charge on any atom is 0.338 e. The number of ether oxygens (including phenoxy) is 1. The predicted molar refractivity (Wildman–Crippen MR) is 112 cm³/mol. The van der Waals surface area contributed by atoms with Crippen molar-refractivity contribution in [3.63, 3.8) is 0 Å². The quantitative estimate of drug-likeness (QED) is 0.388. The Kier molecular flexibility index (Phi) is 6.56. The van der Waals surface area contributed by atoms with Gasteiger partial charge in [0, 0.05) is 10.7 Å². The topological polar surface area (TPSA) is 75.7 Å². The molecule has 0 spiro atoms. The highest BCUT2D eigenvalue weighted by Gasteiger charge is 2.39.